The van der Waals surface area contributed by atoms with Gasteiger partial charge in [0.25, 0.3) is 0 Å². The van der Waals surface area contributed by atoms with Gasteiger partial charge in [0.1, 0.15) is 6.33 Å². The Hall–Kier alpha value is -1.01. The van der Waals surface area contributed by atoms with Crippen molar-refractivity contribution in [3.05, 3.63) is 6.33 Å². The van der Waals surface area contributed by atoms with E-state index < -0.39 is 0 Å². The summed E-state index contributed by atoms with van der Waals surface area (Å²) < 4.78 is 11.4. The summed E-state index contributed by atoms with van der Waals surface area (Å²) in [6, 6.07) is 0. The molecular weight excluding hydrogens is 148 g/mol. The monoisotopic (exact) mass is 158 g/mol. The third-order valence-electron chi connectivity index (χ3n) is 1.25. The summed E-state index contributed by atoms with van der Waals surface area (Å²) in [6.45, 7) is 0.500. The van der Waals surface area contributed by atoms with Gasteiger partial charge in [0, 0.05) is 14.2 Å². The average Bonchev–Trinajstić information content (AvgIpc) is 2.52. The highest BCUT2D eigenvalue weighted by Gasteiger charge is 2.05. The Morgan fingerprint density at radius 1 is 1.45 bits per heavy atom. The van der Waals surface area contributed by atoms with E-state index in [1.165, 1.54) is 11.0 Å². The first-order valence-electron chi connectivity index (χ1n) is 3.13. The fraction of sp³-hybridized carbons (Fsp3) is 0.800. The molecule has 6 nitrogen and oxygen atoms in total. The van der Waals surface area contributed by atoms with Crippen LogP contribution in [-0.2, 0) is 16.0 Å². The maximum atomic E-state index is 4.93. The average molecular weight is 158 g/mol. The summed E-state index contributed by atoms with van der Waals surface area (Å²) in [5.41, 5.74) is 0. The smallest absolute Gasteiger partial charge is 0.176 e. The molecule has 1 aromatic rings. The topological polar surface area (TPSA) is 62.1 Å². The van der Waals surface area contributed by atoms with Crippen LogP contribution >= 0.6 is 0 Å². The van der Waals surface area contributed by atoms with E-state index in [0.717, 1.165) is 0 Å². The quantitative estimate of drug-likeness (QED) is 0.542. The van der Waals surface area contributed by atoms with Gasteiger partial charge < -0.3 is 9.47 Å². The molecule has 0 N–H and O–H groups in total. The number of aromatic nitrogens is 4. The van der Waals surface area contributed by atoms with Crippen LogP contribution < -0.4 is 0 Å². The molecule has 0 saturated carbocycles. The standard InChI is InChI=1S/C5H10N4O2/c1-10-5(11-2)3-9-4-6-7-8-9/h4-5H,3H2,1-2H3. The molecule has 0 atom stereocenters. The van der Waals surface area contributed by atoms with Gasteiger partial charge in [0.2, 0.25) is 0 Å². The number of hydrogen-bond acceptors (Lipinski definition) is 5. The molecule has 0 fully saturated rings. The Balaban J connectivity index is 2.41. The molecule has 1 heterocycles. The molecule has 0 bridgehead atoms. The molecule has 0 aliphatic rings. The zero-order chi connectivity index (χ0) is 8.10. The molecule has 0 unspecified atom stereocenters. The predicted octanol–water partition coefficient (Wildman–Crippen LogP) is -0.708. The van der Waals surface area contributed by atoms with E-state index >= 15 is 0 Å². The lowest BCUT2D eigenvalue weighted by atomic mass is 10.6. The minimum Gasteiger partial charge on any atom is -0.354 e. The maximum absolute atomic E-state index is 4.93. The van der Waals surface area contributed by atoms with Crippen molar-refractivity contribution >= 4 is 0 Å². The Labute approximate surface area is 64.1 Å². The van der Waals surface area contributed by atoms with Crippen molar-refractivity contribution in [3.63, 3.8) is 0 Å². The minimum absolute atomic E-state index is 0.293. The molecular formula is C5H10N4O2. The molecule has 0 aliphatic heterocycles. The number of rotatable bonds is 4. The predicted molar refractivity (Wildman–Crippen MR) is 35.6 cm³/mol. The first kappa shape index (κ1) is 8.09. The molecule has 0 saturated heterocycles. The third kappa shape index (κ3) is 2.24. The van der Waals surface area contributed by atoms with Crippen molar-refractivity contribution in [2.75, 3.05) is 14.2 Å². The summed E-state index contributed by atoms with van der Waals surface area (Å²) >= 11 is 0. The van der Waals surface area contributed by atoms with E-state index in [9.17, 15) is 0 Å². The van der Waals surface area contributed by atoms with E-state index in [1.807, 2.05) is 0 Å². The van der Waals surface area contributed by atoms with Crippen molar-refractivity contribution in [1.29, 1.82) is 0 Å². The molecule has 6 heteroatoms. The first-order valence-corrected chi connectivity index (χ1v) is 3.13. The Morgan fingerprint density at radius 2 is 2.18 bits per heavy atom. The van der Waals surface area contributed by atoms with Gasteiger partial charge >= 0.3 is 0 Å². The molecule has 1 aromatic heterocycles. The summed E-state index contributed by atoms with van der Waals surface area (Å²) in [7, 11) is 3.14. The lowest BCUT2D eigenvalue weighted by Crippen LogP contribution is -2.20. The second-order valence-corrected chi connectivity index (χ2v) is 1.93. The number of nitrogens with zero attached hydrogens (tertiary/aromatic N) is 4. The number of hydrogen-bond donors (Lipinski definition) is 0. The second kappa shape index (κ2) is 3.99. The van der Waals surface area contributed by atoms with Crippen molar-refractivity contribution in [2.24, 2.45) is 0 Å². The van der Waals surface area contributed by atoms with E-state index in [2.05, 4.69) is 15.5 Å². The van der Waals surface area contributed by atoms with Gasteiger partial charge in [0.15, 0.2) is 6.29 Å². The normalized spacial score (nSPS) is 10.8. The molecule has 0 radical (unpaired) electrons. The molecule has 11 heavy (non-hydrogen) atoms. The fourth-order valence-corrected chi connectivity index (χ4v) is 0.662. The molecule has 0 aromatic carbocycles. The van der Waals surface area contributed by atoms with Crippen LogP contribution in [0.4, 0.5) is 0 Å². The van der Waals surface area contributed by atoms with E-state index in [4.69, 9.17) is 9.47 Å². The van der Waals surface area contributed by atoms with Crippen LogP contribution in [0.15, 0.2) is 6.33 Å². The largest absolute Gasteiger partial charge is 0.354 e. The van der Waals surface area contributed by atoms with Gasteiger partial charge in [-0.15, -0.1) is 5.10 Å². The summed E-state index contributed by atoms with van der Waals surface area (Å²) in [5, 5.41) is 10.6. The second-order valence-electron chi connectivity index (χ2n) is 1.93. The summed E-state index contributed by atoms with van der Waals surface area (Å²) in [5.74, 6) is 0. The van der Waals surface area contributed by atoms with Crippen LogP contribution in [-0.4, -0.2) is 40.7 Å². The van der Waals surface area contributed by atoms with Gasteiger partial charge in [-0.25, -0.2) is 4.68 Å². The molecule has 1 rings (SSSR count). The molecule has 0 aliphatic carbocycles. The minimum atomic E-state index is -0.293. The number of tetrazole rings is 1. The van der Waals surface area contributed by atoms with Crippen LogP contribution in [0.3, 0.4) is 0 Å². The van der Waals surface area contributed by atoms with Crippen LogP contribution in [0.1, 0.15) is 0 Å². The van der Waals surface area contributed by atoms with Crippen molar-refractivity contribution in [3.8, 4) is 0 Å². The highest BCUT2D eigenvalue weighted by Crippen LogP contribution is 1.93. The molecule has 0 amide bonds. The Morgan fingerprint density at radius 3 is 2.64 bits per heavy atom. The maximum Gasteiger partial charge on any atom is 0.176 e. The van der Waals surface area contributed by atoms with Gasteiger partial charge in [-0.3, -0.25) is 0 Å². The van der Waals surface area contributed by atoms with Crippen LogP contribution in [0.25, 0.3) is 0 Å². The lowest BCUT2D eigenvalue weighted by Gasteiger charge is -2.11. The molecule has 0 spiro atoms. The Bertz CT molecular complexity index is 184. The van der Waals surface area contributed by atoms with Gasteiger partial charge in [-0.2, -0.15) is 0 Å². The Kier molecular flexibility index (Phi) is 2.94. The van der Waals surface area contributed by atoms with E-state index in [-0.39, 0.29) is 6.29 Å². The number of ether oxygens (including phenoxy) is 2. The molecule has 62 valence electrons. The fourth-order valence-electron chi connectivity index (χ4n) is 0.662. The van der Waals surface area contributed by atoms with E-state index in [1.54, 1.807) is 14.2 Å². The van der Waals surface area contributed by atoms with Crippen LogP contribution in [0.2, 0.25) is 0 Å². The highest BCUT2D eigenvalue weighted by atomic mass is 16.7. The SMILES string of the molecule is COC(Cn1cnnn1)OC. The zero-order valence-electron chi connectivity index (χ0n) is 6.47. The summed E-state index contributed by atoms with van der Waals surface area (Å²) in [4.78, 5) is 0. The van der Waals surface area contributed by atoms with E-state index in [0.29, 0.717) is 6.54 Å². The summed E-state index contributed by atoms with van der Waals surface area (Å²) in [6.07, 6.45) is 1.21. The van der Waals surface area contributed by atoms with Crippen molar-refractivity contribution in [1.82, 2.24) is 20.2 Å². The van der Waals surface area contributed by atoms with Crippen LogP contribution in [0.5, 0.6) is 0 Å². The van der Waals surface area contributed by atoms with Crippen LogP contribution in [0, 0.1) is 0 Å². The number of methoxy groups -OCH3 is 2. The van der Waals surface area contributed by atoms with Gasteiger partial charge in [-0.05, 0) is 10.4 Å². The van der Waals surface area contributed by atoms with Crippen molar-refractivity contribution < 1.29 is 9.47 Å². The van der Waals surface area contributed by atoms with Gasteiger partial charge in [-0.1, -0.05) is 0 Å². The third-order valence-corrected chi connectivity index (χ3v) is 1.25. The first-order chi connectivity index (χ1) is 5.36. The lowest BCUT2D eigenvalue weighted by molar-refractivity contribution is -0.112. The zero-order valence-corrected chi connectivity index (χ0v) is 6.47. The highest BCUT2D eigenvalue weighted by molar-refractivity contribution is 4.48. The van der Waals surface area contributed by atoms with Crippen molar-refractivity contribution in [2.45, 2.75) is 12.8 Å². The van der Waals surface area contributed by atoms with Gasteiger partial charge in [0.05, 0.1) is 6.54 Å².